The van der Waals surface area contributed by atoms with E-state index in [-0.39, 0.29) is 18.6 Å². The molecule has 130 valence electrons. The SMILES string of the molecule is C[C@H]1[C@H](NC(=O)c2cc3c(C#CCO)coc3cn2)C2CCN1CC2. The molecule has 0 saturated carbocycles. The number of nitrogens with zero attached hydrogens (tertiary/aromatic N) is 2. The summed E-state index contributed by atoms with van der Waals surface area (Å²) in [5.41, 5.74) is 1.59. The standard InChI is InChI=1S/C19H21N3O3/c1-12-18(13-4-6-22(12)7-5-13)21-19(24)16-9-15-14(3-2-8-23)11-25-17(15)10-20-16/h9-13,18,23H,4-8H2,1H3,(H,21,24)/t12-,18-/m0/s1. The number of rotatable bonds is 2. The normalized spacial score (nSPS) is 27.8. The molecule has 5 rings (SSSR count). The van der Waals surface area contributed by atoms with Crippen LogP contribution < -0.4 is 5.32 Å². The summed E-state index contributed by atoms with van der Waals surface area (Å²) >= 11 is 0. The van der Waals surface area contributed by atoms with E-state index in [0.717, 1.165) is 31.3 Å². The molecule has 2 aromatic heterocycles. The summed E-state index contributed by atoms with van der Waals surface area (Å²) in [6.45, 7) is 4.22. The molecular formula is C19H21N3O3. The van der Waals surface area contributed by atoms with Crippen LogP contribution >= 0.6 is 0 Å². The van der Waals surface area contributed by atoms with Gasteiger partial charge >= 0.3 is 0 Å². The van der Waals surface area contributed by atoms with Crippen molar-refractivity contribution >= 4 is 16.9 Å². The van der Waals surface area contributed by atoms with Gasteiger partial charge in [0.25, 0.3) is 5.91 Å². The second-order valence-corrected chi connectivity index (χ2v) is 6.79. The van der Waals surface area contributed by atoms with Gasteiger partial charge in [-0.3, -0.25) is 9.69 Å². The third kappa shape index (κ3) is 2.90. The van der Waals surface area contributed by atoms with E-state index < -0.39 is 0 Å². The Kier molecular flexibility index (Phi) is 4.20. The highest BCUT2D eigenvalue weighted by molar-refractivity contribution is 5.97. The third-order valence-corrected chi connectivity index (χ3v) is 5.47. The molecule has 3 aliphatic heterocycles. The zero-order valence-corrected chi connectivity index (χ0v) is 14.2. The molecule has 0 aromatic carbocycles. The Balaban J connectivity index is 1.57. The number of aliphatic hydroxyl groups is 1. The number of furan rings is 1. The summed E-state index contributed by atoms with van der Waals surface area (Å²) < 4.78 is 5.40. The van der Waals surface area contributed by atoms with E-state index in [9.17, 15) is 4.79 Å². The molecule has 25 heavy (non-hydrogen) atoms. The van der Waals surface area contributed by atoms with Crippen molar-refractivity contribution in [3.8, 4) is 11.8 Å². The first-order chi connectivity index (χ1) is 12.2. The lowest BCUT2D eigenvalue weighted by Gasteiger charge is -2.49. The Bertz CT molecular complexity index is 854. The van der Waals surface area contributed by atoms with Gasteiger partial charge in [-0.25, -0.2) is 4.98 Å². The fourth-order valence-electron chi connectivity index (χ4n) is 4.06. The predicted molar refractivity (Wildman–Crippen MR) is 93.0 cm³/mol. The number of pyridine rings is 1. The van der Waals surface area contributed by atoms with Gasteiger partial charge in [0.05, 0.1) is 11.8 Å². The van der Waals surface area contributed by atoms with Gasteiger partial charge in [0.15, 0.2) is 5.58 Å². The zero-order valence-electron chi connectivity index (χ0n) is 14.2. The number of hydrogen-bond donors (Lipinski definition) is 2. The van der Waals surface area contributed by atoms with Gasteiger partial charge in [0.2, 0.25) is 0 Å². The third-order valence-electron chi connectivity index (χ3n) is 5.47. The molecule has 0 aliphatic carbocycles. The molecule has 1 amide bonds. The molecular weight excluding hydrogens is 318 g/mol. The van der Waals surface area contributed by atoms with E-state index in [1.54, 1.807) is 12.3 Å². The Morgan fingerprint density at radius 1 is 1.48 bits per heavy atom. The van der Waals surface area contributed by atoms with Crippen molar-refractivity contribution in [2.45, 2.75) is 31.8 Å². The summed E-state index contributed by atoms with van der Waals surface area (Å²) in [7, 11) is 0. The Morgan fingerprint density at radius 3 is 3.00 bits per heavy atom. The largest absolute Gasteiger partial charge is 0.461 e. The molecule has 0 spiro atoms. The van der Waals surface area contributed by atoms with Gasteiger partial charge in [-0.05, 0) is 44.8 Å². The molecule has 0 radical (unpaired) electrons. The fourth-order valence-corrected chi connectivity index (χ4v) is 4.06. The van der Waals surface area contributed by atoms with Crippen molar-refractivity contribution in [3.63, 3.8) is 0 Å². The van der Waals surface area contributed by atoms with E-state index in [0.29, 0.717) is 28.8 Å². The number of aliphatic hydroxyl groups excluding tert-OH is 1. The highest BCUT2D eigenvalue weighted by Gasteiger charge is 2.40. The van der Waals surface area contributed by atoms with Gasteiger partial charge < -0.3 is 14.8 Å². The quantitative estimate of drug-likeness (QED) is 0.809. The lowest BCUT2D eigenvalue weighted by Crippen LogP contribution is -2.62. The van der Waals surface area contributed by atoms with Gasteiger partial charge in [0.1, 0.15) is 18.6 Å². The maximum absolute atomic E-state index is 12.7. The minimum Gasteiger partial charge on any atom is -0.461 e. The van der Waals surface area contributed by atoms with Crippen molar-refractivity contribution in [1.82, 2.24) is 15.2 Å². The summed E-state index contributed by atoms with van der Waals surface area (Å²) in [5.74, 6) is 5.83. The average Bonchev–Trinajstić information content (AvgIpc) is 3.05. The monoisotopic (exact) mass is 339 g/mol. The van der Waals surface area contributed by atoms with Gasteiger partial charge in [0, 0.05) is 17.5 Å². The number of carbonyl (C=O) groups is 1. The van der Waals surface area contributed by atoms with Crippen LogP contribution in [0.5, 0.6) is 0 Å². The number of nitrogens with one attached hydrogen (secondary N) is 1. The fraction of sp³-hybridized carbons (Fsp3) is 0.474. The smallest absolute Gasteiger partial charge is 0.270 e. The number of hydrogen-bond acceptors (Lipinski definition) is 5. The Hall–Kier alpha value is -2.36. The van der Waals surface area contributed by atoms with Crippen molar-refractivity contribution in [3.05, 3.63) is 29.8 Å². The van der Waals surface area contributed by atoms with Crippen molar-refractivity contribution < 1.29 is 14.3 Å². The van der Waals surface area contributed by atoms with Gasteiger partial charge in [-0.2, -0.15) is 0 Å². The van der Waals surface area contributed by atoms with Crippen LogP contribution in [0.1, 0.15) is 35.8 Å². The first kappa shape index (κ1) is 16.1. The van der Waals surface area contributed by atoms with Crippen LogP contribution in [0.2, 0.25) is 0 Å². The second-order valence-electron chi connectivity index (χ2n) is 6.79. The van der Waals surface area contributed by atoms with Crippen molar-refractivity contribution in [1.29, 1.82) is 0 Å². The number of aromatic nitrogens is 1. The molecule has 2 aromatic rings. The summed E-state index contributed by atoms with van der Waals surface area (Å²) in [6.07, 6.45) is 5.36. The molecule has 5 heterocycles. The number of fused-ring (bicyclic) bond motifs is 4. The molecule has 3 saturated heterocycles. The van der Waals surface area contributed by atoms with Gasteiger partial charge in [-0.15, -0.1) is 0 Å². The molecule has 2 atom stereocenters. The highest BCUT2D eigenvalue weighted by atomic mass is 16.3. The van der Waals surface area contributed by atoms with Gasteiger partial charge in [-0.1, -0.05) is 11.8 Å². The van der Waals surface area contributed by atoms with Crippen LogP contribution in [-0.4, -0.2) is 52.7 Å². The van der Waals surface area contributed by atoms with E-state index >= 15 is 0 Å². The molecule has 6 heteroatoms. The van der Waals surface area contributed by atoms with Crippen LogP contribution in [0, 0.1) is 17.8 Å². The first-order valence-electron chi connectivity index (χ1n) is 8.69. The Morgan fingerprint density at radius 2 is 2.28 bits per heavy atom. The summed E-state index contributed by atoms with van der Waals surface area (Å²) in [6, 6.07) is 2.24. The minimum absolute atomic E-state index is 0.158. The lowest BCUT2D eigenvalue weighted by molar-refractivity contribution is 0.0216. The highest BCUT2D eigenvalue weighted by Crippen LogP contribution is 2.32. The molecule has 2 bridgehead atoms. The van der Waals surface area contributed by atoms with E-state index in [4.69, 9.17) is 9.52 Å². The molecule has 3 fully saturated rings. The van der Waals surface area contributed by atoms with Crippen LogP contribution in [0.4, 0.5) is 0 Å². The summed E-state index contributed by atoms with van der Waals surface area (Å²) in [4.78, 5) is 19.4. The zero-order chi connectivity index (χ0) is 17.4. The first-order valence-corrected chi connectivity index (χ1v) is 8.69. The molecule has 2 N–H and O–H groups in total. The maximum atomic E-state index is 12.7. The van der Waals surface area contributed by atoms with Crippen molar-refractivity contribution in [2.24, 2.45) is 5.92 Å². The lowest BCUT2D eigenvalue weighted by atomic mass is 9.79. The molecule has 0 unspecified atom stereocenters. The Labute approximate surface area is 146 Å². The molecule has 6 nitrogen and oxygen atoms in total. The van der Waals surface area contributed by atoms with Crippen LogP contribution in [0.3, 0.4) is 0 Å². The van der Waals surface area contributed by atoms with Crippen LogP contribution in [0.15, 0.2) is 22.9 Å². The number of amides is 1. The topological polar surface area (TPSA) is 78.6 Å². The molecule has 3 aliphatic rings. The average molecular weight is 339 g/mol. The van der Waals surface area contributed by atoms with Crippen LogP contribution in [0.25, 0.3) is 11.0 Å². The van der Waals surface area contributed by atoms with E-state index in [1.807, 2.05) is 0 Å². The minimum atomic E-state index is -0.220. The number of piperidine rings is 3. The van der Waals surface area contributed by atoms with Crippen LogP contribution in [-0.2, 0) is 0 Å². The maximum Gasteiger partial charge on any atom is 0.270 e. The number of carbonyl (C=O) groups excluding carboxylic acids is 1. The summed E-state index contributed by atoms with van der Waals surface area (Å²) in [5, 5.41) is 12.8. The second kappa shape index (κ2) is 6.51. The van der Waals surface area contributed by atoms with E-state index in [2.05, 4.69) is 34.0 Å². The van der Waals surface area contributed by atoms with Crippen molar-refractivity contribution in [2.75, 3.05) is 19.7 Å². The van der Waals surface area contributed by atoms with E-state index in [1.165, 1.54) is 6.26 Å². The predicted octanol–water partition coefficient (Wildman–Crippen LogP) is 1.38.